The molecule has 2 heterocycles. The van der Waals surface area contributed by atoms with Crippen LogP contribution < -0.4 is 15.4 Å². The number of ether oxygens (including phenoxy) is 1. The van der Waals surface area contributed by atoms with E-state index in [4.69, 9.17) is 4.74 Å². The second-order valence-electron chi connectivity index (χ2n) is 5.43. The summed E-state index contributed by atoms with van der Waals surface area (Å²) < 4.78 is 7.27. The third-order valence-corrected chi connectivity index (χ3v) is 3.82. The minimum absolute atomic E-state index is 0.674. The van der Waals surface area contributed by atoms with Crippen molar-refractivity contribution in [1.29, 1.82) is 0 Å². The minimum Gasteiger partial charge on any atom is -0.497 e. The zero-order chi connectivity index (χ0) is 16.9. The van der Waals surface area contributed by atoms with Crippen molar-refractivity contribution in [2.24, 2.45) is 0 Å². The first kappa shape index (κ1) is 16.0. The largest absolute Gasteiger partial charge is 0.497 e. The molecule has 2 aromatic heterocycles. The predicted molar refractivity (Wildman–Crippen MR) is 91.4 cm³/mol. The van der Waals surface area contributed by atoms with E-state index in [1.54, 1.807) is 7.11 Å². The van der Waals surface area contributed by atoms with E-state index in [0.717, 1.165) is 42.0 Å². The molecule has 0 radical (unpaired) electrons. The van der Waals surface area contributed by atoms with E-state index in [-0.39, 0.29) is 0 Å². The lowest BCUT2D eigenvalue weighted by atomic mass is 10.2. The third kappa shape index (κ3) is 3.08. The SMILES string of the molecule is COc1ccc2c(c1)nc(NCCCCNC=O)c1nnc(C)n12. The molecule has 8 nitrogen and oxygen atoms in total. The number of aromatic nitrogens is 4. The van der Waals surface area contributed by atoms with Gasteiger partial charge in [-0.1, -0.05) is 0 Å². The van der Waals surface area contributed by atoms with Gasteiger partial charge in [-0.15, -0.1) is 10.2 Å². The summed E-state index contributed by atoms with van der Waals surface area (Å²) in [6.45, 7) is 3.33. The molecule has 0 aliphatic rings. The Morgan fingerprint density at radius 1 is 1.25 bits per heavy atom. The summed E-state index contributed by atoms with van der Waals surface area (Å²) in [5.41, 5.74) is 2.46. The standard InChI is InChI=1S/C16H20N6O2/c1-11-20-21-16-15(18-8-4-3-7-17-10-23)19-13-9-12(24-2)5-6-14(13)22(11)16/h5-6,9-10H,3-4,7-8H2,1-2H3,(H,17,23)(H,18,19). The zero-order valence-electron chi connectivity index (χ0n) is 13.7. The van der Waals surface area contributed by atoms with E-state index in [9.17, 15) is 4.79 Å². The van der Waals surface area contributed by atoms with Crippen LogP contribution in [0.25, 0.3) is 16.7 Å². The number of carbonyl (C=O) groups excluding carboxylic acids is 1. The second kappa shape index (κ2) is 7.12. The van der Waals surface area contributed by atoms with Gasteiger partial charge in [-0.05, 0) is 31.9 Å². The van der Waals surface area contributed by atoms with Crippen molar-refractivity contribution in [3.8, 4) is 5.75 Å². The van der Waals surface area contributed by atoms with E-state index in [1.807, 2.05) is 29.5 Å². The Bertz CT molecular complexity index is 861. The number of benzene rings is 1. The summed E-state index contributed by atoms with van der Waals surface area (Å²) in [4.78, 5) is 14.9. The number of aryl methyl sites for hydroxylation is 1. The number of carbonyl (C=O) groups is 1. The Labute approximate surface area is 139 Å². The zero-order valence-corrected chi connectivity index (χ0v) is 13.7. The van der Waals surface area contributed by atoms with E-state index < -0.39 is 0 Å². The Morgan fingerprint density at radius 3 is 2.88 bits per heavy atom. The summed E-state index contributed by atoms with van der Waals surface area (Å²) in [5, 5.41) is 14.4. The molecule has 8 heteroatoms. The van der Waals surface area contributed by atoms with Crippen molar-refractivity contribution in [2.45, 2.75) is 19.8 Å². The summed E-state index contributed by atoms with van der Waals surface area (Å²) in [7, 11) is 1.64. The van der Waals surface area contributed by atoms with Crippen LogP contribution in [0, 0.1) is 6.92 Å². The lowest BCUT2D eigenvalue weighted by Crippen LogP contribution is -2.14. The van der Waals surface area contributed by atoms with Crippen molar-refractivity contribution in [3.63, 3.8) is 0 Å². The molecule has 2 N–H and O–H groups in total. The Morgan fingerprint density at radius 2 is 2.08 bits per heavy atom. The summed E-state index contributed by atoms with van der Waals surface area (Å²) in [5.74, 6) is 2.26. The topological polar surface area (TPSA) is 93.4 Å². The highest BCUT2D eigenvalue weighted by atomic mass is 16.5. The summed E-state index contributed by atoms with van der Waals surface area (Å²) in [6, 6.07) is 5.75. The molecule has 1 amide bonds. The monoisotopic (exact) mass is 328 g/mol. The van der Waals surface area contributed by atoms with Gasteiger partial charge in [-0.3, -0.25) is 9.20 Å². The fourth-order valence-electron chi connectivity index (χ4n) is 2.62. The fraction of sp³-hybridized carbons (Fsp3) is 0.375. The lowest BCUT2D eigenvalue weighted by Gasteiger charge is -2.10. The van der Waals surface area contributed by atoms with Crippen LogP contribution in [0.4, 0.5) is 5.82 Å². The van der Waals surface area contributed by atoms with Crippen LogP contribution >= 0.6 is 0 Å². The first-order chi connectivity index (χ1) is 11.7. The van der Waals surface area contributed by atoms with Crippen molar-refractivity contribution in [2.75, 3.05) is 25.5 Å². The summed E-state index contributed by atoms with van der Waals surface area (Å²) >= 11 is 0. The molecule has 126 valence electrons. The van der Waals surface area contributed by atoms with Gasteiger partial charge in [0.15, 0.2) is 5.82 Å². The highest BCUT2D eigenvalue weighted by molar-refractivity contribution is 5.84. The molecule has 3 rings (SSSR count). The number of unbranched alkanes of at least 4 members (excludes halogenated alkanes) is 1. The van der Waals surface area contributed by atoms with Crippen molar-refractivity contribution >= 4 is 28.9 Å². The van der Waals surface area contributed by atoms with Gasteiger partial charge in [-0.2, -0.15) is 0 Å². The van der Waals surface area contributed by atoms with Crippen molar-refractivity contribution in [1.82, 2.24) is 24.9 Å². The lowest BCUT2D eigenvalue weighted by molar-refractivity contribution is -0.109. The summed E-state index contributed by atoms with van der Waals surface area (Å²) in [6.07, 6.45) is 2.53. The Kier molecular flexibility index (Phi) is 4.74. The van der Waals surface area contributed by atoms with Crippen LogP contribution in [-0.2, 0) is 4.79 Å². The van der Waals surface area contributed by atoms with E-state index in [0.29, 0.717) is 24.4 Å². The molecule has 0 fully saturated rings. The number of fused-ring (bicyclic) bond motifs is 3. The number of anilines is 1. The number of rotatable bonds is 8. The number of methoxy groups -OCH3 is 1. The van der Waals surface area contributed by atoms with Gasteiger partial charge in [0.25, 0.3) is 0 Å². The predicted octanol–water partition coefficient (Wildman–Crippen LogP) is 1.53. The molecular formula is C16H20N6O2. The van der Waals surface area contributed by atoms with Crippen molar-refractivity contribution in [3.05, 3.63) is 24.0 Å². The first-order valence-electron chi connectivity index (χ1n) is 7.85. The smallest absolute Gasteiger partial charge is 0.207 e. The number of hydrogen-bond acceptors (Lipinski definition) is 6. The molecule has 0 atom stereocenters. The second-order valence-corrected chi connectivity index (χ2v) is 5.43. The van der Waals surface area contributed by atoms with Gasteiger partial charge in [0.1, 0.15) is 11.6 Å². The molecule has 24 heavy (non-hydrogen) atoms. The van der Waals surface area contributed by atoms with Crippen LogP contribution in [0.2, 0.25) is 0 Å². The maximum atomic E-state index is 10.2. The number of hydrogen-bond donors (Lipinski definition) is 2. The number of amides is 1. The minimum atomic E-state index is 0.674. The highest BCUT2D eigenvalue weighted by Crippen LogP contribution is 2.24. The molecule has 0 spiro atoms. The van der Waals surface area contributed by atoms with Gasteiger partial charge >= 0.3 is 0 Å². The van der Waals surface area contributed by atoms with Gasteiger partial charge in [0, 0.05) is 19.2 Å². The molecular weight excluding hydrogens is 308 g/mol. The Hall–Kier alpha value is -2.90. The van der Waals surface area contributed by atoms with Crippen LogP contribution in [0.15, 0.2) is 18.2 Å². The molecule has 0 unspecified atom stereocenters. The fourth-order valence-corrected chi connectivity index (χ4v) is 2.62. The molecule has 0 saturated heterocycles. The van der Waals surface area contributed by atoms with Crippen LogP contribution in [0.3, 0.4) is 0 Å². The Balaban J connectivity index is 1.89. The highest BCUT2D eigenvalue weighted by Gasteiger charge is 2.13. The molecule has 1 aromatic carbocycles. The molecule has 0 saturated carbocycles. The quantitative estimate of drug-likeness (QED) is 0.481. The van der Waals surface area contributed by atoms with E-state index >= 15 is 0 Å². The van der Waals surface area contributed by atoms with Gasteiger partial charge in [-0.25, -0.2) is 4.98 Å². The average molecular weight is 328 g/mol. The van der Waals surface area contributed by atoms with Crippen LogP contribution in [0.1, 0.15) is 18.7 Å². The van der Waals surface area contributed by atoms with Crippen molar-refractivity contribution < 1.29 is 9.53 Å². The molecule has 3 aromatic rings. The average Bonchev–Trinajstić information content (AvgIpc) is 2.99. The number of nitrogens with zero attached hydrogens (tertiary/aromatic N) is 4. The van der Waals surface area contributed by atoms with E-state index in [2.05, 4.69) is 25.8 Å². The normalized spacial score (nSPS) is 10.9. The maximum Gasteiger partial charge on any atom is 0.207 e. The van der Waals surface area contributed by atoms with Gasteiger partial charge in [0.05, 0.1) is 18.1 Å². The van der Waals surface area contributed by atoms with Gasteiger partial charge < -0.3 is 15.4 Å². The van der Waals surface area contributed by atoms with Gasteiger partial charge in [0.2, 0.25) is 12.1 Å². The molecule has 0 bridgehead atoms. The van der Waals surface area contributed by atoms with Crippen LogP contribution in [0.5, 0.6) is 5.75 Å². The maximum absolute atomic E-state index is 10.2. The third-order valence-electron chi connectivity index (χ3n) is 3.82. The molecule has 0 aliphatic heterocycles. The van der Waals surface area contributed by atoms with E-state index in [1.165, 1.54) is 0 Å². The first-order valence-corrected chi connectivity index (χ1v) is 7.85. The van der Waals surface area contributed by atoms with Crippen LogP contribution in [-0.4, -0.2) is 46.2 Å². The number of nitrogens with one attached hydrogen (secondary N) is 2. The molecule has 0 aliphatic carbocycles.